The van der Waals surface area contributed by atoms with Gasteiger partial charge >= 0.3 is 11.9 Å². The number of ether oxygens (including phenoxy) is 5. The molecule has 0 bridgehead atoms. The van der Waals surface area contributed by atoms with E-state index in [4.69, 9.17) is 23.7 Å². The van der Waals surface area contributed by atoms with Crippen molar-refractivity contribution in [2.75, 3.05) is 13.2 Å². The van der Waals surface area contributed by atoms with E-state index in [9.17, 15) is 24.9 Å². The molecule has 6 fully saturated rings. The Labute approximate surface area is 337 Å². The second-order valence-corrected chi connectivity index (χ2v) is 19.2. The molecular formula is C47H64O10. The zero-order chi connectivity index (χ0) is 40.1. The van der Waals surface area contributed by atoms with Gasteiger partial charge in [0, 0.05) is 18.8 Å². The van der Waals surface area contributed by atoms with Gasteiger partial charge < -0.3 is 39.0 Å². The number of hydrogen-bond donors (Lipinski definition) is 3. The molecule has 8 rings (SSSR count). The maximum atomic E-state index is 13.1. The van der Waals surface area contributed by atoms with E-state index in [1.165, 1.54) is 25.7 Å². The fraction of sp³-hybridized carbons (Fsp3) is 0.702. The third-order valence-electron chi connectivity index (χ3n) is 16.1. The highest BCUT2D eigenvalue weighted by Crippen LogP contribution is 2.71. The third-order valence-corrected chi connectivity index (χ3v) is 16.1. The van der Waals surface area contributed by atoms with Crippen LogP contribution >= 0.6 is 0 Å². The number of aliphatic hydroxyl groups excluding tert-OH is 3. The molecule has 2 heterocycles. The standard InChI is InChI=1S/C47H64O10/c1-28-17-23-47(54-27-28)29(2)39-38(57-47)26-36-34-16-15-32-25-33(18-21-45(32,3)35(34)19-22-46(36,39)4)55-44(52)40(49)41(56-43(51)31-13-9-6-10-14-31)37(48)20-24-53-42(50)30-11-7-5-8-12-30/h5-14,28-29,32-41,44,48-49,52H,15-27H2,1-4H3/t28-,29-,32?,33-,34?,35-,36-,37?,38-,39-,40?,41?,44?,45-,46-,47+/m0/s1. The van der Waals surface area contributed by atoms with Gasteiger partial charge in [0.05, 0.1) is 42.7 Å². The summed E-state index contributed by atoms with van der Waals surface area (Å²) >= 11 is 0. The fourth-order valence-electron chi connectivity index (χ4n) is 13.0. The maximum absolute atomic E-state index is 13.1. The Kier molecular flexibility index (Phi) is 11.7. The molecule has 57 heavy (non-hydrogen) atoms. The Balaban J connectivity index is 0.891. The van der Waals surface area contributed by atoms with E-state index < -0.39 is 42.3 Å². The van der Waals surface area contributed by atoms with Crippen molar-refractivity contribution in [3.63, 3.8) is 0 Å². The maximum Gasteiger partial charge on any atom is 0.338 e. The van der Waals surface area contributed by atoms with Gasteiger partial charge in [0.1, 0.15) is 6.10 Å². The highest BCUT2D eigenvalue weighted by Gasteiger charge is 2.69. The zero-order valence-corrected chi connectivity index (χ0v) is 34.2. The molecule has 4 aliphatic carbocycles. The number of fused-ring (bicyclic) bond motifs is 7. The molecule has 16 atom stereocenters. The van der Waals surface area contributed by atoms with Gasteiger partial charge in [-0.25, -0.2) is 9.59 Å². The summed E-state index contributed by atoms with van der Waals surface area (Å²) < 4.78 is 30.7. The fourth-order valence-corrected chi connectivity index (χ4v) is 13.0. The predicted molar refractivity (Wildman–Crippen MR) is 212 cm³/mol. The van der Waals surface area contributed by atoms with E-state index >= 15 is 0 Å². The van der Waals surface area contributed by atoms with E-state index in [-0.39, 0.29) is 41.6 Å². The van der Waals surface area contributed by atoms with Gasteiger partial charge in [0.2, 0.25) is 0 Å². The number of benzene rings is 2. The van der Waals surface area contributed by atoms with Crippen LogP contribution in [0.2, 0.25) is 0 Å². The molecule has 0 amide bonds. The zero-order valence-electron chi connectivity index (χ0n) is 34.2. The van der Waals surface area contributed by atoms with Crippen molar-refractivity contribution >= 4 is 11.9 Å². The predicted octanol–water partition coefficient (Wildman–Crippen LogP) is 7.33. The highest BCUT2D eigenvalue weighted by atomic mass is 16.7. The van der Waals surface area contributed by atoms with E-state index in [1.807, 2.05) is 0 Å². The Hall–Kier alpha value is -2.86. The summed E-state index contributed by atoms with van der Waals surface area (Å²) in [6.07, 6.45) is 3.99. The molecule has 3 N–H and O–H groups in total. The van der Waals surface area contributed by atoms with Crippen LogP contribution in [0.15, 0.2) is 60.7 Å². The van der Waals surface area contributed by atoms with Gasteiger partial charge in [0.15, 0.2) is 18.2 Å². The summed E-state index contributed by atoms with van der Waals surface area (Å²) in [5, 5.41) is 34.0. The number of aliphatic hydroxyl groups is 3. The van der Waals surface area contributed by atoms with Crippen LogP contribution in [-0.4, -0.2) is 83.1 Å². The van der Waals surface area contributed by atoms with Crippen LogP contribution in [0.4, 0.5) is 0 Å². The van der Waals surface area contributed by atoms with Crippen molar-refractivity contribution in [2.45, 2.75) is 141 Å². The monoisotopic (exact) mass is 788 g/mol. The summed E-state index contributed by atoms with van der Waals surface area (Å²) in [5.41, 5.74) is 1.03. The van der Waals surface area contributed by atoms with Crippen molar-refractivity contribution in [2.24, 2.45) is 52.3 Å². The van der Waals surface area contributed by atoms with Crippen molar-refractivity contribution in [1.82, 2.24) is 0 Å². The van der Waals surface area contributed by atoms with Crippen LogP contribution in [-0.2, 0) is 23.7 Å². The Morgan fingerprint density at radius 1 is 0.807 bits per heavy atom. The summed E-state index contributed by atoms with van der Waals surface area (Å²) in [4.78, 5) is 25.6. The average Bonchev–Trinajstić information content (AvgIpc) is 3.67. The van der Waals surface area contributed by atoms with Crippen molar-refractivity contribution in [1.29, 1.82) is 0 Å². The number of carbonyl (C=O) groups excluding carboxylic acids is 2. The number of hydrogen-bond acceptors (Lipinski definition) is 10. The summed E-state index contributed by atoms with van der Waals surface area (Å²) in [5.74, 6) is 2.22. The Morgan fingerprint density at radius 3 is 2.18 bits per heavy atom. The van der Waals surface area contributed by atoms with Gasteiger partial charge in [0.25, 0.3) is 0 Å². The molecule has 6 unspecified atom stereocenters. The Bertz CT molecular complexity index is 1700. The molecule has 2 aromatic carbocycles. The molecule has 10 nitrogen and oxygen atoms in total. The van der Waals surface area contributed by atoms with Crippen molar-refractivity contribution < 1.29 is 48.6 Å². The molecule has 10 heteroatoms. The number of carbonyl (C=O) groups is 2. The molecule has 2 aliphatic heterocycles. The van der Waals surface area contributed by atoms with Crippen molar-refractivity contribution in [3.8, 4) is 0 Å². The van der Waals surface area contributed by atoms with E-state index in [0.717, 1.165) is 45.1 Å². The Morgan fingerprint density at radius 2 is 1.49 bits per heavy atom. The van der Waals surface area contributed by atoms with Crippen molar-refractivity contribution in [3.05, 3.63) is 71.8 Å². The largest absolute Gasteiger partial charge is 0.462 e. The summed E-state index contributed by atoms with van der Waals surface area (Å²) in [6, 6.07) is 16.8. The summed E-state index contributed by atoms with van der Waals surface area (Å²) in [7, 11) is 0. The SMILES string of the molecule is C[C@H]1CC[C@@]2(OC1)O[C@H]1C[C@H]3C4CCC5C[C@@H](OC(O)C(O)C(OC(=O)c6ccccc6)C(O)CCOC(=O)c6ccccc6)CC[C@]5(C)[C@H]4CC[C@]3(C)[C@H]1[C@@H]2C. The molecule has 312 valence electrons. The molecule has 1 spiro atoms. The second kappa shape index (κ2) is 16.3. The van der Waals surface area contributed by atoms with Crippen LogP contribution < -0.4 is 0 Å². The minimum Gasteiger partial charge on any atom is -0.462 e. The molecule has 0 radical (unpaired) electrons. The van der Waals surface area contributed by atoms with Crippen LogP contribution in [0.25, 0.3) is 0 Å². The molecular weight excluding hydrogens is 725 g/mol. The average molecular weight is 789 g/mol. The summed E-state index contributed by atoms with van der Waals surface area (Å²) in [6.45, 7) is 10.4. The lowest BCUT2D eigenvalue weighted by atomic mass is 9.44. The molecule has 2 aromatic rings. The highest BCUT2D eigenvalue weighted by molar-refractivity contribution is 5.89. The smallest absolute Gasteiger partial charge is 0.338 e. The van der Waals surface area contributed by atoms with Gasteiger partial charge in [-0.2, -0.15) is 0 Å². The molecule has 6 aliphatic rings. The van der Waals surface area contributed by atoms with E-state index in [1.54, 1.807) is 60.7 Å². The number of rotatable bonds is 11. The topological polar surface area (TPSA) is 141 Å². The third kappa shape index (κ3) is 7.61. The minimum atomic E-state index is -1.74. The van der Waals surface area contributed by atoms with Gasteiger partial charge in [-0.05, 0) is 128 Å². The van der Waals surface area contributed by atoms with Gasteiger partial charge in [-0.3, -0.25) is 0 Å². The molecule has 0 aromatic heterocycles. The van der Waals surface area contributed by atoms with Crippen LogP contribution in [0, 0.1) is 52.3 Å². The van der Waals surface area contributed by atoms with Crippen LogP contribution in [0.5, 0.6) is 0 Å². The van der Waals surface area contributed by atoms with Crippen LogP contribution in [0.3, 0.4) is 0 Å². The first kappa shape index (κ1) is 40.9. The molecule has 2 saturated heterocycles. The number of esters is 2. The first-order valence-electron chi connectivity index (χ1n) is 21.8. The van der Waals surface area contributed by atoms with E-state index in [2.05, 4.69) is 27.7 Å². The van der Waals surface area contributed by atoms with Gasteiger partial charge in [-0.15, -0.1) is 0 Å². The van der Waals surface area contributed by atoms with Gasteiger partial charge in [-0.1, -0.05) is 64.1 Å². The van der Waals surface area contributed by atoms with E-state index in [0.29, 0.717) is 47.0 Å². The first-order valence-corrected chi connectivity index (χ1v) is 21.8. The normalized spacial score (nSPS) is 40.4. The first-order chi connectivity index (χ1) is 27.3. The lowest BCUT2D eigenvalue weighted by Gasteiger charge is -2.61. The minimum absolute atomic E-state index is 0.137. The lowest BCUT2D eigenvalue weighted by Crippen LogP contribution is -2.55. The molecule has 4 saturated carbocycles. The van der Waals surface area contributed by atoms with Crippen LogP contribution in [0.1, 0.15) is 119 Å². The second-order valence-electron chi connectivity index (χ2n) is 19.2. The lowest BCUT2D eigenvalue weighted by molar-refractivity contribution is -0.273. The quantitative estimate of drug-likeness (QED) is 0.157.